The molecule has 2 N–H and O–H groups in total. The van der Waals surface area contributed by atoms with Crippen molar-refractivity contribution in [1.29, 1.82) is 0 Å². The lowest BCUT2D eigenvalue weighted by Gasteiger charge is -2.12. The molecule has 142 valence electrons. The highest BCUT2D eigenvalue weighted by molar-refractivity contribution is 5.95. The molecule has 0 bridgehead atoms. The number of aromatic nitrogens is 2. The zero-order chi connectivity index (χ0) is 18.8. The molecular weight excluding hydrogens is 334 g/mol. The second kappa shape index (κ2) is 10.7. The van der Waals surface area contributed by atoms with Gasteiger partial charge in [-0.1, -0.05) is 30.3 Å². The molecule has 7 heteroatoms. The summed E-state index contributed by atoms with van der Waals surface area (Å²) in [6, 6.07) is 9.94. The summed E-state index contributed by atoms with van der Waals surface area (Å²) < 4.78 is 12.2. The van der Waals surface area contributed by atoms with Crippen LogP contribution in [0.4, 0.5) is 0 Å². The number of nitrogens with zero attached hydrogens (tertiary/aromatic N) is 2. The molecule has 1 heterocycles. The summed E-state index contributed by atoms with van der Waals surface area (Å²) in [5.74, 6) is -0.254. The third-order valence-corrected chi connectivity index (χ3v) is 3.91. The Bertz CT molecular complexity index is 673. The predicted molar refractivity (Wildman–Crippen MR) is 98.2 cm³/mol. The summed E-state index contributed by atoms with van der Waals surface area (Å²) in [5.41, 5.74) is 2.41. The van der Waals surface area contributed by atoms with Gasteiger partial charge in [0.1, 0.15) is 0 Å². The van der Waals surface area contributed by atoms with Gasteiger partial charge in [-0.3, -0.25) is 9.48 Å². The molecule has 0 aliphatic carbocycles. The van der Waals surface area contributed by atoms with Crippen molar-refractivity contribution < 1.29 is 19.4 Å². The molecule has 0 radical (unpaired) electrons. The molecule has 1 aromatic carbocycles. The lowest BCUT2D eigenvalue weighted by atomic mass is 10.2. The molecule has 0 spiro atoms. The fraction of sp³-hybridized carbons (Fsp3) is 0.474. The number of nitrogens with one attached hydrogen (secondary N) is 1. The molecule has 0 aliphatic heterocycles. The molecule has 0 saturated heterocycles. The van der Waals surface area contributed by atoms with Crippen molar-refractivity contribution in [1.82, 2.24) is 15.1 Å². The minimum Gasteiger partial charge on any atom is -0.389 e. The van der Waals surface area contributed by atoms with Crippen LogP contribution in [-0.4, -0.2) is 59.9 Å². The van der Waals surface area contributed by atoms with Crippen molar-refractivity contribution in [3.05, 3.63) is 53.3 Å². The quantitative estimate of drug-likeness (QED) is 0.591. The second-order valence-electron chi connectivity index (χ2n) is 5.92. The highest BCUT2D eigenvalue weighted by Gasteiger charge is 2.15. The number of ether oxygens (including phenoxy) is 2. The van der Waals surface area contributed by atoms with E-state index in [0.29, 0.717) is 31.9 Å². The maximum absolute atomic E-state index is 12.3. The first-order valence-corrected chi connectivity index (χ1v) is 8.80. The third kappa shape index (κ3) is 6.25. The number of benzene rings is 1. The zero-order valence-electron chi connectivity index (χ0n) is 15.4. The summed E-state index contributed by atoms with van der Waals surface area (Å²) in [5, 5.41) is 16.9. The first-order chi connectivity index (χ1) is 12.6. The van der Waals surface area contributed by atoms with E-state index in [9.17, 15) is 9.90 Å². The highest BCUT2D eigenvalue weighted by atomic mass is 16.5. The fourth-order valence-electron chi connectivity index (χ4n) is 2.43. The van der Waals surface area contributed by atoms with E-state index in [2.05, 4.69) is 10.4 Å². The van der Waals surface area contributed by atoms with E-state index < -0.39 is 6.10 Å². The number of rotatable bonds is 11. The van der Waals surface area contributed by atoms with Crippen molar-refractivity contribution in [2.75, 3.05) is 33.0 Å². The smallest absolute Gasteiger partial charge is 0.254 e. The Hall–Kier alpha value is -2.22. The van der Waals surface area contributed by atoms with Gasteiger partial charge in [0.05, 0.1) is 44.2 Å². The number of aliphatic hydroxyl groups excluding tert-OH is 1. The molecule has 0 fully saturated rings. The topological polar surface area (TPSA) is 85.6 Å². The minimum absolute atomic E-state index is 0.122. The van der Waals surface area contributed by atoms with Gasteiger partial charge in [-0.2, -0.15) is 5.10 Å². The maximum atomic E-state index is 12.3. The van der Waals surface area contributed by atoms with Gasteiger partial charge in [0.2, 0.25) is 0 Å². The van der Waals surface area contributed by atoms with Crippen LogP contribution >= 0.6 is 0 Å². The zero-order valence-corrected chi connectivity index (χ0v) is 15.4. The Morgan fingerprint density at radius 3 is 2.73 bits per heavy atom. The van der Waals surface area contributed by atoms with Gasteiger partial charge >= 0.3 is 0 Å². The van der Waals surface area contributed by atoms with Crippen LogP contribution in [0.1, 0.15) is 28.5 Å². The van der Waals surface area contributed by atoms with Gasteiger partial charge in [-0.05, 0) is 19.4 Å². The van der Waals surface area contributed by atoms with E-state index in [0.717, 1.165) is 11.3 Å². The highest BCUT2D eigenvalue weighted by Crippen LogP contribution is 2.10. The van der Waals surface area contributed by atoms with Gasteiger partial charge in [-0.15, -0.1) is 0 Å². The Morgan fingerprint density at radius 2 is 2.00 bits per heavy atom. The Balaban J connectivity index is 1.79. The van der Waals surface area contributed by atoms with Crippen LogP contribution in [0.2, 0.25) is 0 Å². The van der Waals surface area contributed by atoms with E-state index in [1.54, 1.807) is 10.9 Å². The van der Waals surface area contributed by atoms with E-state index in [1.165, 1.54) is 0 Å². The van der Waals surface area contributed by atoms with Crippen molar-refractivity contribution in [2.24, 2.45) is 0 Å². The molecule has 0 saturated carbocycles. The minimum atomic E-state index is -0.764. The molecule has 0 unspecified atom stereocenters. The van der Waals surface area contributed by atoms with Crippen molar-refractivity contribution in [2.45, 2.75) is 26.5 Å². The summed E-state index contributed by atoms with van der Waals surface area (Å²) >= 11 is 0. The Kier molecular flexibility index (Phi) is 8.27. The molecular formula is C19H27N3O4. The van der Waals surface area contributed by atoms with Crippen LogP contribution in [0, 0.1) is 6.92 Å². The number of hydrogen-bond donors (Lipinski definition) is 2. The van der Waals surface area contributed by atoms with Gasteiger partial charge in [-0.25, -0.2) is 0 Å². The normalized spacial score (nSPS) is 12.1. The largest absolute Gasteiger partial charge is 0.389 e. The molecule has 1 amide bonds. The summed E-state index contributed by atoms with van der Waals surface area (Å²) in [6.45, 7) is 6.21. The van der Waals surface area contributed by atoms with Crippen molar-refractivity contribution in [3.8, 4) is 0 Å². The van der Waals surface area contributed by atoms with Gasteiger partial charge < -0.3 is 19.9 Å². The van der Waals surface area contributed by atoms with Crippen LogP contribution in [0.3, 0.4) is 0 Å². The lowest BCUT2D eigenvalue weighted by molar-refractivity contribution is 0.00663. The molecule has 2 aromatic rings. The summed E-state index contributed by atoms with van der Waals surface area (Å²) in [6.07, 6.45) is 0.790. The molecule has 1 aromatic heterocycles. The van der Waals surface area contributed by atoms with Crippen molar-refractivity contribution >= 4 is 5.91 Å². The lowest BCUT2D eigenvalue weighted by Crippen LogP contribution is -2.35. The maximum Gasteiger partial charge on any atom is 0.254 e. The first-order valence-electron chi connectivity index (χ1n) is 8.80. The first kappa shape index (κ1) is 20.1. The van der Waals surface area contributed by atoms with Gasteiger partial charge in [0.25, 0.3) is 5.91 Å². The summed E-state index contributed by atoms with van der Waals surface area (Å²) in [7, 11) is 0. The predicted octanol–water partition coefficient (Wildman–Crippen LogP) is 1.38. The van der Waals surface area contributed by atoms with Crippen LogP contribution in [0.5, 0.6) is 0 Å². The number of amides is 1. The van der Waals surface area contributed by atoms with Crippen molar-refractivity contribution in [3.63, 3.8) is 0 Å². The molecule has 7 nitrogen and oxygen atoms in total. The average molecular weight is 361 g/mol. The Morgan fingerprint density at radius 1 is 1.27 bits per heavy atom. The molecule has 1 atom stereocenters. The number of aliphatic hydroxyl groups is 1. The molecule has 26 heavy (non-hydrogen) atoms. The Labute approximate surface area is 153 Å². The molecule has 2 rings (SSSR count). The fourth-order valence-corrected chi connectivity index (χ4v) is 2.43. The summed E-state index contributed by atoms with van der Waals surface area (Å²) in [4.78, 5) is 12.3. The SMILES string of the molecule is CCOCCOC[C@H](O)CNC(=O)c1cnn(Cc2ccccc2)c1C. The van der Waals surface area contributed by atoms with E-state index >= 15 is 0 Å². The van der Waals surface area contributed by atoms with E-state index in [4.69, 9.17) is 9.47 Å². The number of carbonyl (C=O) groups is 1. The van der Waals surface area contributed by atoms with Crippen LogP contribution < -0.4 is 5.32 Å². The van der Waals surface area contributed by atoms with Gasteiger partial charge in [0.15, 0.2) is 0 Å². The van der Waals surface area contributed by atoms with Crippen LogP contribution in [0.25, 0.3) is 0 Å². The standard InChI is InChI=1S/C19H27N3O4/c1-3-25-9-10-26-14-17(23)11-20-19(24)18-12-21-22(15(18)2)13-16-7-5-4-6-8-16/h4-8,12,17,23H,3,9-11,13-14H2,1-2H3,(H,20,24)/t17-/m1/s1. The number of hydrogen-bond acceptors (Lipinski definition) is 5. The van der Waals surface area contributed by atoms with E-state index in [-0.39, 0.29) is 19.1 Å². The van der Waals surface area contributed by atoms with Crippen LogP contribution in [0.15, 0.2) is 36.5 Å². The number of carbonyl (C=O) groups excluding carboxylic acids is 1. The second-order valence-corrected chi connectivity index (χ2v) is 5.92. The van der Waals surface area contributed by atoms with Gasteiger partial charge in [0, 0.05) is 18.8 Å². The average Bonchev–Trinajstić information content (AvgIpc) is 3.01. The monoisotopic (exact) mass is 361 g/mol. The third-order valence-electron chi connectivity index (χ3n) is 3.91. The van der Waals surface area contributed by atoms with E-state index in [1.807, 2.05) is 44.2 Å². The molecule has 0 aliphatic rings. The van der Waals surface area contributed by atoms with Crippen LogP contribution in [-0.2, 0) is 16.0 Å².